The molecule has 0 amide bonds. The van der Waals surface area contributed by atoms with E-state index >= 15 is 0 Å². The molecule has 0 radical (unpaired) electrons. The number of carboxylic acids is 1. The lowest BCUT2D eigenvalue weighted by Crippen LogP contribution is -2.09. The zero-order valence-corrected chi connectivity index (χ0v) is 6.47. The summed E-state index contributed by atoms with van der Waals surface area (Å²) in [6, 6.07) is 0. The van der Waals surface area contributed by atoms with E-state index < -0.39 is 12.1 Å². The highest BCUT2D eigenvalue weighted by Gasteiger charge is 2.03. The van der Waals surface area contributed by atoms with Gasteiger partial charge < -0.3 is 10.2 Å². The molecular formula is C6H10O3S. The van der Waals surface area contributed by atoms with Gasteiger partial charge in [-0.15, -0.1) is 11.8 Å². The van der Waals surface area contributed by atoms with Crippen molar-refractivity contribution in [2.24, 2.45) is 0 Å². The summed E-state index contributed by atoms with van der Waals surface area (Å²) < 4.78 is 0. The van der Waals surface area contributed by atoms with Crippen molar-refractivity contribution in [2.45, 2.75) is 12.5 Å². The summed E-state index contributed by atoms with van der Waals surface area (Å²) in [4.78, 5) is 9.97. The zero-order chi connectivity index (χ0) is 7.98. The van der Waals surface area contributed by atoms with E-state index in [0.29, 0.717) is 0 Å². The summed E-state index contributed by atoms with van der Waals surface area (Å²) in [5.74, 6) is -0.988. The highest BCUT2D eigenvalue weighted by Crippen LogP contribution is 1.99. The molecule has 0 saturated heterocycles. The third-order valence-electron chi connectivity index (χ3n) is 0.821. The maximum absolute atomic E-state index is 9.97. The van der Waals surface area contributed by atoms with Crippen molar-refractivity contribution in [2.75, 3.05) is 6.26 Å². The topological polar surface area (TPSA) is 57.5 Å². The number of carboxylic acid groups (broad SMARTS) is 1. The van der Waals surface area contributed by atoms with Gasteiger partial charge in [0.2, 0.25) is 0 Å². The Morgan fingerprint density at radius 1 is 1.80 bits per heavy atom. The highest BCUT2D eigenvalue weighted by atomic mass is 32.2. The molecule has 4 heteroatoms. The summed E-state index contributed by atoms with van der Waals surface area (Å²) in [6.45, 7) is 0. The van der Waals surface area contributed by atoms with Crippen molar-refractivity contribution >= 4 is 17.7 Å². The second kappa shape index (κ2) is 5.32. The second-order valence-corrected chi connectivity index (χ2v) is 2.47. The second-order valence-electron chi connectivity index (χ2n) is 1.73. The molecule has 2 N–H and O–H groups in total. The minimum Gasteiger partial charge on any atom is -0.481 e. The number of rotatable bonds is 4. The van der Waals surface area contributed by atoms with Crippen LogP contribution in [0.4, 0.5) is 0 Å². The van der Waals surface area contributed by atoms with Crippen LogP contribution in [-0.4, -0.2) is 28.5 Å². The Bertz CT molecular complexity index is 133. The van der Waals surface area contributed by atoms with Crippen LogP contribution in [0.15, 0.2) is 11.5 Å². The first-order valence-electron chi connectivity index (χ1n) is 2.76. The molecular weight excluding hydrogens is 152 g/mol. The molecule has 3 nitrogen and oxygen atoms in total. The van der Waals surface area contributed by atoms with Gasteiger partial charge in [0, 0.05) is 0 Å². The third kappa shape index (κ3) is 5.65. The molecule has 0 aromatic heterocycles. The number of aliphatic carboxylic acids is 1. The van der Waals surface area contributed by atoms with Gasteiger partial charge >= 0.3 is 5.97 Å². The van der Waals surface area contributed by atoms with E-state index in [-0.39, 0.29) is 6.42 Å². The van der Waals surface area contributed by atoms with Crippen molar-refractivity contribution in [3.05, 3.63) is 11.5 Å². The van der Waals surface area contributed by atoms with Crippen LogP contribution in [0.25, 0.3) is 0 Å². The molecule has 58 valence electrons. The van der Waals surface area contributed by atoms with Gasteiger partial charge in [-0.25, -0.2) is 0 Å². The van der Waals surface area contributed by atoms with Crippen molar-refractivity contribution < 1.29 is 15.0 Å². The van der Waals surface area contributed by atoms with Crippen molar-refractivity contribution in [3.63, 3.8) is 0 Å². The van der Waals surface area contributed by atoms with Gasteiger partial charge in [-0.05, 0) is 17.7 Å². The fourth-order valence-corrected chi connectivity index (χ4v) is 0.755. The number of thioether (sulfide) groups is 1. The van der Waals surface area contributed by atoms with E-state index in [1.165, 1.54) is 17.8 Å². The molecule has 10 heavy (non-hydrogen) atoms. The van der Waals surface area contributed by atoms with Gasteiger partial charge in [0.15, 0.2) is 0 Å². The fourth-order valence-electron chi connectivity index (χ4n) is 0.416. The van der Waals surface area contributed by atoms with Gasteiger partial charge in [0.05, 0.1) is 12.5 Å². The molecule has 0 fully saturated rings. The molecule has 1 atom stereocenters. The number of aliphatic hydroxyl groups excluding tert-OH is 1. The van der Waals surface area contributed by atoms with Crippen LogP contribution >= 0.6 is 11.8 Å². The van der Waals surface area contributed by atoms with Crippen LogP contribution in [0.2, 0.25) is 0 Å². The number of hydrogen-bond donors (Lipinski definition) is 2. The lowest BCUT2D eigenvalue weighted by Gasteiger charge is -1.98. The minimum atomic E-state index is -0.988. The average molecular weight is 162 g/mol. The Hall–Kier alpha value is -0.480. The smallest absolute Gasteiger partial charge is 0.306 e. The van der Waals surface area contributed by atoms with E-state index in [0.717, 1.165) is 0 Å². The molecule has 0 bridgehead atoms. The summed E-state index contributed by atoms with van der Waals surface area (Å²) in [5.41, 5.74) is 0. The summed E-state index contributed by atoms with van der Waals surface area (Å²) in [6.07, 6.45) is 2.21. The number of aliphatic hydroxyl groups is 1. The number of hydrogen-bond acceptors (Lipinski definition) is 3. The maximum Gasteiger partial charge on any atom is 0.306 e. The largest absolute Gasteiger partial charge is 0.481 e. The summed E-state index contributed by atoms with van der Waals surface area (Å²) >= 11 is 1.42. The lowest BCUT2D eigenvalue weighted by molar-refractivity contribution is -0.138. The number of carbonyl (C=O) groups is 1. The van der Waals surface area contributed by atoms with Crippen molar-refractivity contribution in [3.8, 4) is 0 Å². The monoisotopic (exact) mass is 162 g/mol. The Kier molecular flexibility index (Phi) is 5.06. The van der Waals surface area contributed by atoms with Crippen LogP contribution in [0.3, 0.4) is 0 Å². The first-order chi connectivity index (χ1) is 4.66. The van der Waals surface area contributed by atoms with Crippen LogP contribution in [0.5, 0.6) is 0 Å². The van der Waals surface area contributed by atoms with E-state index in [4.69, 9.17) is 10.2 Å². The molecule has 0 aliphatic heterocycles. The standard InChI is InChI=1S/C6H10O3S/c1-10-3-2-5(7)4-6(8)9/h2-3,5,7H,4H2,1H3,(H,8,9)/b3-2+. The van der Waals surface area contributed by atoms with Gasteiger partial charge in [-0.1, -0.05) is 0 Å². The van der Waals surface area contributed by atoms with Gasteiger partial charge in [-0.2, -0.15) is 0 Å². The highest BCUT2D eigenvalue weighted by molar-refractivity contribution is 8.01. The SMILES string of the molecule is CS/C=C/C(O)CC(=O)O. The van der Waals surface area contributed by atoms with Gasteiger partial charge in [0.25, 0.3) is 0 Å². The first kappa shape index (κ1) is 9.52. The molecule has 0 aliphatic rings. The van der Waals surface area contributed by atoms with E-state index in [9.17, 15) is 4.79 Å². The van der Waals surface area contributed by atoms with Gasteiger partial charge in [-0.3, -0.25) is 4.79 Å². The Morgan fingerprint density at radius 3 is 2.80 bits per heavy atom. The molecule has 0 spiro atoms. The zero-order valence-electron chi connectivity index (χ0n) is 5.65. The lowest BCUT2D eigenvalue weighted by atomic mass is 10.2. The average Bonchev–Trinajstić information content (AvgIpc) is 1.82. The molecule has 0 heterocycles. The Labute approximate surface area is 63.7 Å². The van der Waals surface area contributed by atoms with Gasteiger partial charge in [0.1, 0.15) is 0 Å². The minimum absolute atomic E-state index is 0.225. The van der Waals surface area contributed by atoms with Crippen LogP contribution in [0.1, 0.15) is 6.42 Å². The predicted octanol–water partition coefficient (Wildman–Crippen LogP) is 0.699. The third-order valence-corrected chi connectivity index (χ3v) is 1.25. The molecule has 1 unspecified atom stereocenters. The van der Waals surface area contributed by atoms with E-state index in [1.807, 2.05) is 6.26 Å². The maximum atomic E-state index is 9.97. The van der Waals surface area contributed by atoms with Crippen LogP contribution in [-0.2, 0) is 4.79 Å². The van der Waals surface area contributed by atoms with Crippen molar-refractivity contribution in [1.82, 2.24) is 0 Å². The predicted molar refractivity (Wildman–Crippen MR) is 40.9 cm³/mol. The first-order valence-corrected chi connectivity index (χ1v) is 4.05. The fraction of sp³-hybridized carbons (Fsp3) is 0.500. The van der Waals surface area contributed by atoms with E-state index in [1.54, 1.807) is 5.41 Å². The molecule has 0 rings (SSSR count). The summed E-state index contributed by atoms with van der Waals surface area (Å²) in [7, 11) is 0. The molecule has 0 aromatic rings. The quantitative estimate of drug-likeness (QED) is 0.638. The van der Waals surface area contributed by atoms with Crippen LogP contribution < -0.4 is 0 Å². The molecule has 0 aromatic carbocycles. The Balaban J connectivity index is 3.52. The summed E-state index contributed by atoms with van der Waals surface area (Å²) in [5, 5.41) is 18.7. The molecule has 0 aliphatic carbocycles. The van der Waals surface area contributed by atoms with Crippen molar-refractivity contribution in [1.29, 1.82) is 0 Å². The molecule has 0 saturated carbocycles. The normalized spacial score (nSPS) is 13.8. The van der Waals surface area contributed by atoms with E-state index in [2.05, 4.69) is 0 Å². The Morgan fingerprint density at radius 2 is 2.40 bits per heavy atom. The van der Waals surface area contributed by atoms with Crippen LogP contribution in [0, 0.1) is 0 Å².